The van der Waals surface area contributed by atoms with Crippen LogP contribution in [0.2, 0.25) is 0 Å². The third-order valence-corrected chi connectivity index (χ3v) is 3.94. The number of rotatable bonds is 4. The smallest absolute Gasteiger partial charge is 0.0443 e. The second-order valence-electron chi connectivity index (χ2n) is 4.32. The zero-order valence-corrected chi connectivity index (χ0v) is 11.6. The van der Waals surface area contributed by atoms with Gasteiger partial charge in [0.25, 0.3) is 0 Å². The molecule has 1 aromatic rings. The summed E-state index contributed by atoms with van der Waals surface area (Å²) in [7, 11) is 0. The van der Waals surface area contributed by atoms with E-state index in [4.69, 9.17) is 5.11 Å². The van der Waals surface area contributed by atoms with Gasteiger partial charge in [-0.3, -0.25) is 4.90 Å². The first-order valence-corrected chi connectivity index (χ1v) is 6.99. The van der Waals surface area contributed by atoms with Crippen LogP contribution in [-0.2, 0) is 0 Å². The molecule has 88 valence electrons. The summed E-state index contributed by atoms with van der Waals surface area (Å²) in [5.41, 5.74) is 1.43. The molecule has 2 rings (SSSR count). The number of aliphatic hydroxyl groups is 1. The lowest BCUT2D eigenvalue weighted by Gasteiger charge is -2.24. The molecular weight excluding hydrogens is 313 g/mol. The number of hydrogen-bond donors (Lipinski definition) is 1. The molecule has 2 nitrogen and oxygen atoms in total. The zero-order valence-electron chi connectivity index (χ0n) is 9.40. The largest absolute Gasteiger partial charge is 0.396 e. The Labute approximate surface area is 111 Å². The molecular formula is C13H18INO. The summed E-state index contributed by atoms with van der Waals surface area (Å²) >= 11 is 2.34. The molecule has 1 aliphatic heterocycles. The van der Waals surface area contributed by atoms with Crippen molar-refractivity contribution in [1.29, 1.82) is 0 Å². The van der Waals surface area contributed by atoms with Crippen LogP contribution in [0.1, 0.15) is 30.9 Å². The normalized spacial score (nSPS) is 21.5. The highest BCUT2D eigenvalue weighted by Crippen LogP contribution is 2.31. The molecule has 1 saturated heterocycles. The highest BCUT2D eigenvalue weighted by molar-refractivity contribution is 14.1. The van der Waals surface area contributed by atoms with Gasteiger partial charge in [-0.05, 0) is 66.1 Å². The average Bonchev–Trinajstić information content (AvgIpc) is 2.75. The maximum atomic E-state index is 8.89. The third kappa shape index (κ3) is 2.96. The van der Waals surface area contributed by atoms with Crippen molar-refractivity contribution in [3.8, 4) is 0 Å². The molecule has 1 N–H and O–H groups in total. The summed E-state index contributed by atoms with van der Waals surface area (Å²) < 4.78 is 1.29. The fourth-order valence-corrected chi connectivity index (χ4v) is 2.79. The Bertz CT molecular complexity index is 325. The van der Waals surface area contributed by atoms with Crippen molar-refractivity contribution in [2.75, 3.05) is 19.7 Å². The topological polar surface area (TPSA) is 23.5 Å². The number of likely N-dealkylation sites (tertiary alicyclic amines) is 1. The van der Waals surface area contributed by atoms with E-state index >= 15 is 0 Å². The van der Waals surface area contributed by atoms with Crippen LogP contribution in [0.4, 0.5) is 0 Å². The molecule has 0 spiro atoms. The fraction of sp³-hybridized carbons (Fsp3) is 0.538. The molecule has 1 heterocycles. The number of halogens is 1. The minimum absolute atomic E-state index is 0.301. The van der Waals surface area contributed by atoms with Crippen molar-refractivity contribution in [2.24, 2.45) is 0 Å². The molecule has 3 heteroatoms. The van der Waals surface area contributed by atoms with Crippen LogP contribution in [0.5, 0.6) is 0 Å². The predicted octanol–water partition coefficient (Wildman–Crippen LogP) is 2.81. The van der Waals surface area contributed by atoms with Crippen molar-refractivity contribution in [1.82, 2.24) is 4.90 Å². The second kappa shape index (κ2) is 5.98. The SMILES string of the molecule is OCCCN1CCCC1c1ccc(I)cc1. The fourth-order valence-electron chi connectivity index (χ4n) is 2.43. The molecule has 0 amide bonds. The first-order chi connectivity index (χ1) is 7.81. The van der Waals surface area contributed by atoms with Crippen molar-refractivity contribution < 1.29 is 5.11 Å². The summed E-state index contributed by atoms with van der Waals surface area (Å²) in [6, 6.07) is 9.41. The average molecular weight is 331 g/mol. The molecule has 0 saturated carbocycles. The second-order valence-corrected chi connectivity index (χ2v) is 5.57. The molecule has 1 atom stereocenters. The first-order valence-electron chi connectivity index (χ1n) is 5.91. The lowest BCUT2D eigenvalue weighted by Crippen LogP contribution is -2.25. The van der Waals surface area contributed by atoms with Crippen LogP contribution in [0.25, 0.3) is 0 Å². The molecule has 0 aromatic heterocycles. The molecule has 1 unspecified atom stereocenters. The van der Waals surface area contributed by atoms with E-state index in [9.17, 15) is 0 Å². The van der Waals surface area contributed by atoms with Gasteiger partial charge in [0.2, 0.25) is 0 Å². The number of benzene rings is 1. The monoisotopic (exact) mass is 331 g/mol. The summed E-state index contributed by atoms with van der Waals surface area (Å²) in [4.78, 5) is 2.50. The summed E-state index contributed by atoms with van der Waals surface area (Å²) in [6.07, 6.45) is 3.43. The van der Waals surface area contributed by atoms with Gasteiger partial charge < -0.3 is 5.11 Å². The van der Waals surface area contributed by atoms with Crippen molar-refractivity contribution in [3.05, 3.63) is 33.4 Å². The minimum atomic E-state index is 0.301. The highest BCUT2D eigenvalue weighted by Gasteiger charge is 2.24. The van der Waals surface area contributed by atoms with Gasteiger partial charge in [0.05, 0.1) is 0 Å². The Balaban J connectivity index is 2.04. The summed E-state index contributed by atoms with van der Waals surface area (Å²) in [6.45, 7) is 2.50. The predicted molar refractivity (Wildman–Crippen MR) is 74.4 cm³/mol. The van der Waals surface area contributed by atoms with Crippen LogP contribution in [-0.4, -0.2) is 29.7 Å². The van der Waals surface area contributed by atoms with Gasteiger partial charge in [0.15, 0.2) is 0 Å². The van der Waals surface area contributed by atoms with Crippen LogP contribution >= 0.6 is 22.6 Å². The van der Waals surface area contributed by atoms with E-state index in [1.165, 1.54) is 28.5 Å². The Morgan fingerprint density at radius 3 is 2.75 bits per heavy atom. The first kappa shape index (κ1) is 12.3. The molecule has 0 aliphatic carbocycles. The zero-order chi connectivity index (χ0) is 11.4. The van der Waals surface area contributed by atoms with E-state index in [2.05, 4.69) is 51.8 Å². The molecule has 0 radical (unpaired) electrons. The maximum Gasteiger partial charge on any atom is 0.0443 e. The summed E-state index contributed by atoms with van der Waals surface area (Å²) in [5, 5.41) is 8.89. The molecule has 16 heavy (non-hydrogen) atoms. The van der Waals surface area contributed by atoms with Crippen molar-refractivity contribution in [2.45, 2.75) is 25.3 Å². The van der Waals surface area contributed by atoms with E-state index in [-0.39, 0.29) is 0 Å². The van der Waals surface area contributed by atoms with Gasteiger partial charge in [-0.1, -0.05) is 12.1 Å². The van der Waals surface area contributed by atoms with E-state index in [0.29, 0.717) is 12.6 Å². The molecule has 1 aromatic carbocycles. The van der Waals surface area contributed by atoms with Crippen LogP contribution in [0.15, 0.2) is 24.3 Å². The lowest BCUT2D eigenvalue weighted by molar-refractivity contribution is 0.214. The highest BCUT2D eigenvalue weighted by atomic mass is 127. The number of aliphatic hydroxyl groups excluding tert-OH is 1. The Kier molecular flexibility index (Phi) is 4.61. The molecule has 1 aliphatic rings. The Hall–Kier alpha value is -0.130. The van der Waals surface area contributed by atoms with Gasteiger partial charge in [0.1, 0.15) is 0 Å². The van der Waals surface area contributed by atoms with Crippen LogP contribution in [0, 0.1) is 3.57 Å². The quantitative estimate of drug-likeness (QED) is 0.858. The van der Waals surface area contributed by atoms with Gasteiger partial charge >= 0.3 is 0 Å². The van der Waals surface area contributed by atoms with Gasteiger partial charge in [-0.2, -0.15) is 0 Å². The van der Waals surface area contributed by atoms with Crippen LogP contribution < -0.4 is 0 Å². The van der Waals surface area contributed by atoms with Crippen molar-refractivity contribution in [3.63, 3.8) is 0 Å². The molecule has 0 bridgehead atoms. The molecule has 1 fully saturated rings. The van der Waals surface area contributed by atoms with Crippen LogP contribution in [0.3, 0.4) is 0 Å². The van der Waals surface area contributed by atoms with Gasteiger partial charge in [-0.25, -0.2) is 0 Å². The minimum Gasteiger partial charge on any atom is -0.396 e. The standard InChI is InChI=1S/C13H18INO/c14-12-6-4-11(5-7-12)13-3-1-8-15(13)9-2-10-16/h4-7,13,16H,1-3,8-10H2. The van der Waals surface area contributed by atoms with E-state index < -0.39 is 0 Å². The maximum absolute atomic E-state index is 8.89. The summed E-state index contributed by atoms with van der Waals surface area (Å²) in [5.74, 6) is 0. The third-order valence-electron chi connectivity index (χ3n) is 3.22. The van der Waals surface area contributed by atoms with Gasteiger partial charge in [-0.15, -0.1) is 0 Å². The Morgan fingerprint density at radius 1 is 1.31 bits per heavy atom. The van der Waals surface area contributed by atoms with E-state index in [1.807, 2.05) is 0 Å². The number of hydrogen-bond acceptors (Lipinski definition) is 2. The van der Waals surface area contributed by atoms with E-state index in [0.717, 1.165) is 13.0 Å². The van der Waals surface area contributed by atoms with Gasteiger partial charge in [0, 0.05) is 22.8 Å². The van der Waals surface area contributed by atoms with E-state index in [1.54, 1.807) is 0 Å². The number of nitrogens with zero attached hydrogens (tertiary/aromatic N) is 1. The lowest BCUT2D eigenvalue weighted by atomic mass is 10.0. The Morgan fingerprint density at radius 2 is 2.06 bits per heavy atom. The van der Waals surface area contributed by atoms with Crippen molar-refractivity contribution >= 4 is 22.6 Å².